The number of benzene rings is 3. The second-order valence-corrected chi connectivity index (χ2v) is 5.88. The molecule has 1 amide bonds. The van der Waals surface area contributed by atoms with Gasteiger partial charge in [-0.1, -0.05) is 35.9 Å². The minimum Gasteiger partial charge on any atom is -0.507 e. The quantitative estimate of drug-likeness (QED) is 0.721. The second-order valence-electron chi connectivity index (χ2n) is 5.47. The molecule has 3 aromatic carbocycles. The number of halogens is 1. The first-order valence-corrected chi connectivity index (χ1v) is 7.74. The molecule has 0 aliphatic carbocycles. The molecule has 24 heavy (non-hydrogen) atoms. The van der Waals surface area contributed by atoms with Crippen LogP contribution in [0.5, 0.6) is 11.5 Å². The van der Waals surface area contributed by atoms with Crippen LogP contribution in [0.4, 0.5) is 5.69 Å². The molecule has 0 aromatic heterocycles. The number of amides is 1. The third-order valence-electron chi connectivity index (χ3n) is 3.84. The molecule has 0 atom stereocenters. The number of methoxy groups -OCH3 is 1. The fraction of sp³-hybridized carbons (Fsp3) is 0.105. The number of carbonyl (C=O) groups is 1. The maximum atomic E-state index is 12.5. The molecule has 0 saturated heterocycles. The third kappa shape index (κ3) is 3.01. The number of fused-ring (bicyclic) bond motifs is 1. The Morgan fingerprint density at radius 1 is 1.12 bits per heavy atom. The van der Waals surface area contributed by atoms with Crippen LogP contribution >= 0.6 is 11.6 Å². The Morgan fingerprint density at radius 3 is 2.46 bits per heavy atom. The lowest BCUT2D eigenvalue weighted by atomic mass is 10.1. The molecule has 2 N–H and O–H groups in total. The van der Waals surface area contributed by atoms with Crippen LogP contribution in [0.15, 0.2) is 48.5 Å². The topological polar surface area (TPSA) is 58.6 Å². The Bertz CT molecular complexity index is 937. The number of aryl methyl sites for hydroxylation is 1. The van der Waals surface area contributed by atoms with Gasteiger partial charge in [0.1, 0.15) is 11.5 Å². The van der Waals surface area contributed by atoms with Crippen molar-refractivity contribution in [2.75, 3.05) is 12.4 Å². The van der Waals surface area contributed by atoms with Crippen LogP contribution in [0.1, 0.15) is 15.9 Å². The molecule has 3 aromatic rings. The number of hydrogen-bond donors (Lipinski definition) is 2. The molecule has 3 rings (SSSR count). The third-order valence-corrected chi connectivity index (χ3v) is 4.15. The summed E-state index contributed by atoms with van der Waals surface area (Å²) < 4.78 is 5.20. The number of nitrogens with one attached hydrogen (secondary N) is 1. The highest BCUT2D eigenvalue weighted by Crippen LogP contribution is 2.32. The van der Waals surface area contributed by atoms with Crippen molar-refractivity contribution in [1.29, 1.82) is 0 Å². The number of aromatic hydroxyl groups is 1. The molecule has 0 aliphatic rings. The van der Waals surface area contributed by atoms with Crippen molar-refractivity contribution in [2.24, 2.45) is 0 Å². The summed E-state index contributed by atoms with van der Waals surface area (Å²) in [5.41, 5.74) is 1.51. The second kappa shape index (κ2) is 6.42. The molecule has 4 nitrogen and oxygen atoms in total. The van der Waals surface area contributed by atoms with Crippen molar-refractivity contribution < 1.29 is 14.6 Å². The highest BCUT2D eigenvalue weighted by molar-refractivity contribution is 6.34. The van der Waals surface area contributed by atoms with Crippen molar-refractivity contribution >= 4 is 34.0 Å². The van der Waals surface area contributed by atoms with Crippen LogP contribution in [0, 0.1) is 6.92 Å². The van der Waals surface area contributed by atoms with E-state index in [0.29, 0.717) is 16.5 Å². The van der Waals surface area contributed by atoms with E-state index in [4.69, 9.17) is 16.3 Å². The summed E-state index contributed by atoms with van der Waals surface area (Å²) in [7, 11) is 1.56. The van der Waals surface area contributed by atoms with Gasteiger partial charge in [0, 0.05) is 6.07 Å². The first-order valence-electron chi connectivity index (χ1n) is 7.37. The average Bonchev–Trinajstić information content (AvgIpc) is 2.57. The lowest BCUT2D eigenvalue weighted by Gasteiger charge is -2.12. The van der Waals surface area contributed by atoms with Gasteiger partial charge in [0.25, 0.3) is 5.91 Å². The maximum Gasteiger partial charge on any atom is 0.259 e. The number of ether oxygens (including phenoxy) is 1. The van der Waals surface area contributed by atoms with Gasteiger partial charge in [-0.15, -0.1) is 0 Å². The Morgan fingerprint density at radius 2 is 1.79 bits per heavy atom. The predicted molar refractivity (Wildman–Crippen MR) is 96.3 cm³/mol. The van der Waals surface area contributed by atoms with Crippen LogP contribution in [-0.4, -0.2) is 18.1 Å². The Kier molecular flexibility index (Phi) is 4.32. The van der Waals surface area contributed by atoms with Gasteiger partial charge in [-0.05, 0) is 41.5 Å². The average molecular weight is 342 g/mol. The summed E-state index contributed by atoms with van der Waals surface area (Å²) in [5.74, 6) is 0.142. The van der Waals surface area contributed by atoms with E-state index in [1.165, 1.54) is 0 Å². The monoisotopic (exact) mass is 341 g/mol. The van der Waals surface area contributed by atoms with Crippen LogP contribution in [0.3, 0.4) is 0 Å². The van der Waals surface area contributed by atoms with E-state index in [0.717, 1.165) is 16.3 Å². The van der Waals surface area contributed by atoms with E-state index in [9.17, 15) is 9.90 Å². The standard InChI is InChI=1S/C19H16ClNO3/c1-11-7-16(15(20)10-18(11)24-2)21-19(23)14-8-12-5-3-4-6-13(12)9-17(14)22/h3-10,22H,1-2H3,(H,21,23). The molecular formula is C19H16ClNO3. The van der Waals surface area contributed by atoms with Crippen molar-refractivity contribution in [1.82, 2.24) is 0 Å². The smallest absolute Gasteiger partial charge is 0.259 e. The highest BCUT2D eigenvalue weighted by atomic mass is 35.5. The lowest BCUT2D eigenvalue weighted by molar-refractivity contribution is 0.102. The first-order chi connectivity index (χ1) is 11.5. The van der Waals surface area contributed by atoms with Gasteiger partial charge < -0.3 is 15.2 Å². The van der Waals surface area contributed by atoms with E-state index < -0.39 is 5.91 Å². The lowest BCUT2D eigenvalue weighted by Crippen LogP contribution is -2.12. The van der Waals surface area contributed by atoms with Crippen molar-refractivity contribution in [3.8, 4) is 11.5 Å². The summed E-state index contributed by atoms with van der Waals surface area (Å²) in [6.07, 6.45) is 0. The molecular weight excluding hydrogens is 326 g/mol. The van der Waals surface area contributed by atoms with Gasteiger partial charge in [-0.3, -0.25) is 4.79 Å². The van der Waals surface area contributed by atoms with Gasteiger partial charge in [-0.25, -0.2) is 0 Å². The van der Waals surface area contributed by atoms with Gasteiger partial charge >= 0.3 is 0 Å². The fourth-order valence-corrected chi connectivity index (χ4v) is 2.78. The zero-order valence-electron chi connectivity index (χ0n) is 13.3. The van der Waals surface area contributed by atoms with Gasteiger partial charge in [0.2, 0.25) is 0 Å². The Hall–Kier alpha value is -2.72. The van der Waals surface area contributed by atoms with E-state index >= 15 is 0 Å². The maximum absolute atomic E-state index is 12.5. The SMILES string of the molecule is COc1cc(Cl)c(NC(=O)c2cc3ccccc3cc2O)cc1C. The van der Waals surface area contributed by atoms with Crippen LogP contribution in [0.2, 0.25) is 5.02 Å². The zero-order valence-corrected chi connectivity index (χ0v) is 14.0. The first kappa shape index (κ1) is 16.1. The van der Waals surface area contributed by atoms with E-state index in [1.807, 2.05) is 31.2 Å². The van der Waals surface area contributed by atoms with Crippen LogP contribution in [-0.2, 0) is 0 Å². The zero-order chi connectivity index (χ0) is 17.3. The summed E-state index contributed by atoms with van der Waals surface area (Å²) >= 11 is 6.19. The Balaban J connectivity index is 1.96. The molecule has 0 heterocycles. The van der Waals surface area contributed by atoms with Gasteiger partial charge in [0.15, 0.2) is 0 Å². The molecule has 0 fully saturated rings. The van der Waals surface area contributed by atoms with E-state index in [-0.39, 0.29) is 11.3 Å². The van der Waals surface area contributed by atoms with Crippen molar-refractivity contribution in [3.63, 3.8) is 0 Å². The largest absolute Gasteiger partial charge is 0.507 e. The molecule has 0 spiro atoms. The Labute approximate surface area is 144 Å². The summed E-state index contributed by atoms with van der Waals surface area (Å²) in [4.78, 5) is 12.5. The number of phenolic OH excluding ortho intramolecular Hbond substituents is 1. The molecule has 0 saturated carbocycles. The number of hydrogen-bond acceptors (Lipinski definition) is 3. The molecule has 0 aliphatic heterocycles. The summed E-state index contributed by atoms with van der Waals surface area (Å²) in [6, 6.07) is 14.1. The van der Waals surface area contributed by atoms with Gasteiger partial charge in [0.05, 0.1) is 23.4 Å². The van der Waals surface area contributed by atoms with Gasteiger partial charge in [-0.2, -0.15) is 0 Å². The molecule has 5 heteroatoms. The van der Waals surface area contributed by atoms with Crippen LogP contribution < -0.4 is 10.1 Å². The van der Waals surface area contributed by atoms with E-state index in [2.05, 4.69) is 5.32 Å². The molecule has 0 bridgehead atoms. The number of anilines is 1. The molecule has 0 unspecified atom stereocenters. The van der Waals surface area contributed by atoms with Crippen molar-refractivity contribution in [3.05, 3.63) is 64.7 Å². The summed E-state index contributed by atoms with van der Waals surface area (Å²) in [5, 5.41) is 15.0. The highest BCUT2D eigenvalue weighted by Gasteiger charge is 2.15. The normalized spacial score (nSPS) is 10.6. The predicted octanol–water partition coefficient (Wildman–Crippen LogP) is 4.77. The fourth-order valence-electron chi connectivity index (χ4n) is 2.58. The summed E-state index contributed by atoms with van der Waals surface area (Å²) in [6.45, 7) is 1.86. The molecule has 0 radical (unpaired) electrons. The minimum absolute atomic E-state index is 0.0763. The minimum atomic E-state index is -0.426. The van der Waals surface area contributed by atoms with Crippen LogP contribution in [0.25, 0.3) is 10.8 Å². The van der Waals surface area contributed by atoms with E-state index in [1.54, 1.807) is 31.4 Å². The number of carbonyl (C=O) groups excluding carboxylic acids is 1. The molecule has 122 valence electrons. The van der Waals surface area contributed by atoms with Crippen molar-refractivity contribution in [2.45, 2.75) is 6.92 Å². The number of phenols is 1. The number of rotatable bonds is 3.